The lowest BCUT2D eigenvalue weighted by Crippen LogP contribution is -2.56. The van der Waals surface area contributed by atoms with Gasteiger partial charge >= 0.3 is 12.2 Å². The van der Waals surface area contributed by atoms with Gasteiger partial charge in [0, 0.05) is 49.3 Å². The van der Waals surface area contributed by atoms with E-state index in [1.54, 1.807) is 51.1 Å². The molecule has 278 valence electrons. The normalized spacial score (nSPS) is 20.2. The van der Waals surface area contributed by atoms with E-state index >= 15 is 0 Å². The minimum absolute atomic E-state index is 0.0238. The van der Waals surface area contributed by atoms with Crippen molar-refractivity contribution in [3.05, 3.63) is 99.0 Å². The van der Waals surface area contributed by atoms with E-state index in [1.165, 1.54) is 0 Å². The van der Waals surface area contributed by atoms with Gasteiger partial charge in [-0.05, 0) is 58.5 Å². The first kappa shape index (κ1) is 37.9. The highest BCUT2D eigenvalue weighted by Gasteiger charge is 2.45. The Bertz CT molecular complexity index is 1770. The molecule has 3 aromatic rings. The lowest BCUT2D eigenvalue weighted by atomic mass is 9.86. The zero-order valence-corrected chi connectivity index (χ0v) is 30.8. The number of aliphatic imine (C=N–C) groups is 1. The molecule has 0 aromatic heterocycles. The number of alkyl halides is 3. The zero-order valence-electron chi connectivity index (χ0n) is 29.3. The largest absolute Gasteiger partial charge is 0.483 e. The highest BCUT2D eigenvalue weighted by atomic mass is 35.5. The number of piperazine rings is 1. The second-order valence-electron chi connectivity index (χ2n) is 14.2. The standard InChI is InChI=1S/C38H42Cl2F3N5O4/c1-37(2,3)27-8-13-30(31(22-27)52-24-38(41,42)43)35-44-33(25-4-9-28(39)10-5-25)34(26-6-11-29(40)12-7-26)48(35)36(50)47-16-14-45(15-17-47)23-32(49)46-18-20-51-21-19-46/h4-13,22,33-34H,14-21,23-24H2,1-3H3/t33-,34+/m0/s1. The quantitative estimate of drug-likeness (QED) is 0.252. The van der Waals surface area contributed by atoms with Crippen LogP contribution in [0, 0.1) is 0 Å². The summed E-state index contributed by atoms with van der Waals surface area (Å²) in [6.45, 7) is 8.34. The molecule has 0 spiro atoms. The number of amidine groups is 1. The lowest BCUT2D eigenvalue weighted by Gasteiger charge is -2.39. The number of hydrogen-bond donors (Lipinski definition) is 0. The van der Waals surface area contributed by atoms with Crippen molar-refractivity contribution in [3.8, 4) is 5.75 Å². The van der Waals surface area contributed by atoms with Crippen molar-refractivity contribution in [2.75, 3.05) is 65.6 Å². The average molecular weight is 761 g/mol. The Kier molecular flexibility index (Phi) is 11.4. The van der Waals surface area contributed by atoms with Gasteiger partial charge in [-0.25, -0.2) is 4.79 Å². The second kappa shape index (κ2) is 15.6. The Balaban J connectivity index is 1.39. The number of ether oxygens (including phenoxy) is 2. The third-order valence-electron chi connectivity index (χ3n) is 9.54. The number of halogens is 5. The molecule has 2 saturated heterocycles. The second-order valence-corrected chi connectivity index (χ2v) is 15.1. The molecule has 52 heavy (non-hydrogen) atoms. The van der Waals surface area contributed by atoms with Crippen LogP contribution in [0.2, 0.25) is 10.0 Å². The Labute approximate surface area is 311 Å². The molecule has 2 fully saturated rings. The van der Waals surface area contributed by atoms with E-state index in [1.807, 2.05) is 56.0 Å². The van der Waals surface area contributed by atoms with Gasteiger partial charge in [0.1, 0.15) is 17.6 Å². The van der Waals surface area contributed by atoms with Crippen molar-refractivity contribution in [1.82, 2.24) is 19.6 Å². The summed E-state index contributed by atoms with van der Waals surface area (Å²) in [5, 5.41) is 1.03. The Hall–Kier alpha value is -3.84. The van der Waals surface area contributed by atoms with Crippen molar-refractivity contribution in [1.29, 1.82) is 0 Å². The molecule has 9 nitrogen and oxygen atoms in total. The predicted molar refractivity (Wildman–Crippen MR) is 194 cm³/mol. The number of benzene rings is 3. The molecule has 3 aromatic carbocycles. The summed E-state index contributed by atoms with van der Waals surface area (Å²) in [7, 11) is 0. The maximum atomic E-state index is 14.9. The molecule has 0 unspecified atom stereocenters. The van der Waals surface area contributed by atoms with Gasteiger partial charge in [-0.2, -0.15) is 13.2 Å². The lowest BCUT2D eigenvalue weighted by molar-refractivity contribution is -0.153. The van der Waals surface area contributed by atoms with Crippen LogP contribution in [0.15, 0.2) is 71.7 Å². The first-order valence-corrected chi connectivity index (χ1v) is 18.0. The molecular weight excluding hydrogens is 718 g/mol. The number of urea groups is 1. The van der Waals surface area contributed by atoms with Crippen LogP contribution >= 0.6 is 23.2 Å². The fourth-order valence-corrected chi connectivity index (χ4v) is 6.91. The number of amides is 3. The van der Waals surface area contributed by atoms with Gasteiger partial charge in [0.15, 0.2) is 6.61 Å². The number of hydrogen-bond acceptors (Lipinski definition) is 6. The van der Waals surface area contributed by atoms with E-state index in [9.17, 15) is 22.8 Å². The van der Waals surface area contributed by atoms with Crippen LogP contribution in [0.4, 0.5) is 18.0 Å². The molecule has 3 aliphatic heterocycles. The van der Waals surface area contributed by atoms with Crippen LogP contribution in [-0.2, 0) is 14.9 Å². The maximum absolute atomic E-state index is 14.9. The van der Waals surface area contributed by atoms with E-state index in [0.29, 0.717) is 62.5 Å². The number of rotatable bonds is 7. The molecule has 3 amide bonds. The van der Waals surface area contributed by atoms with Crippen molar-refractivity contribution in [3.63, 3.8) is 0 Å². The summed E-state index contributed by atoms with van der Waals surface area (Å²) in [4.78, 5) is 40.1. The molecule has 0 radical (unpaired) electrons. The molecule has 3 aliphatic rings. The Morgan fingerprint density at radius 1 is 0.827 bits per heavy atom. The van der Waals surface area contributed by atoms with Crippen LogP contribution in [-0.4, -0.2) is 109 Å². The van der Waals surface area contributed by atoms with E-state index in [4.69, 9.17) is 37.7 Å². The number of carbonyl (C=O) groups excluding carboxylic acids is 2. The van der Waals surface area contributed by atoms with Gasteiger partial charge < -0.3 is 19.3 Å². The predicted octanol–water partition coefficient (Wildman–Crippen LogP) is 7.37. The van der Waals surface area contributed by atoms with E-state index in [0.717, 1.165) is 16.7 Å². The van der Waals surface area contributed by atoms with E-state index in [-0.39, 0.29) is 35.6 Å². The summed E-state index contributed by atoms with van der Waals surface area (Å²) < 4.78 is 51.7. The van der Waals surface area contributed by atoms with Gasteiger partial charge in [0.25, 0.3) is 0 Å². The topological polar surface area (TPSA) is 77.9 Å². The SMILES string of the molecule is CC(C)(C)c1ccc(C2=N[C@@H](c3ccc(Cl)cc3)[C@@H](c3ccc(Cl)cc3)N2C(=O)N2CCN(CC(=O)N3CCOCC3)CC2)c(OCC(F)(F)F)c1. The van der Waals surface area contributed by atoms with E-state index in [2.05, 4.69) is 0 Å². The highest BCUT2D eigenvalue weighted by molar-refractivity contribution is 6.30. The van der Waals surface area contributed by atoms with Crippen molar-refractivity contribution in [2.45, 2.75) is 44.4 Å². The Morgan fingerprint density at radius 3 is 2.00 bits per heavy atom. The van der Waals surface area contributed by atoms with Crippen LogP contribution in [0.25, 0.3) is 0 Å². The van der Waals surface area contributed by atoms with E-state index < -0.39 is 30.3 Å². The van der Waals surface area contributed by atoms with Gasteiger partial charge in [-0.3, -0.25) is 19.6 Å². The van der Waals surface area contributed by atoms with Gasteiger partial charge in [0.2, 0.25) is 5.91 Å². The highest BCUT2D eigenvalue weighted by Crippen LogP contribution is 2.46. The Morgan fingerprint density at radius 2 is 1.42 bits per heavy atom. The fourth-order valence-electron chi connectivity index (χ4n) is 6.66. The smallest absolute Gasteiger partial charge is 0.422 e. The van der Waals surface area contributed by atoms with Crippen LogP contribution < -0.4 is 4.74 Å². The minimum atomic E-state index is -4.59. The minimum Gasteiger partial charge on any atom is -0.483 e. The first-order chi connectivity index (χ1) is 24.7. The molecule has 14 heteroatoms. The third kappa shape index (κ3) is 8.85. The average Bonchev–Trinajstić information content (AvgIpc) is 3.51. The van der Waals surface area contributed by atoms with Gasteiger partial charge in [-0.1, -0.05) is 74.3 Å². The molecular formula is C38H42Cl2F3N5O4. The summed E-state index contributed by atoms with van der Waals surface area (Å²) in [6.07, 6.45) is -4.59. The van der Waals surface area contributed by atoms with Crippen molar-refractivity contribution < 1.29 is 32.2 Å². The summed E-state index contributed by atoms with van der Waals surface area (Å²) >= 11 is 12.6. The zero-order chi connectivity index (χ0) is 37.2. The molecule has 3 heterocycles. The first-order valence-electron chi connectivity index (χ1n) is 17.3. The number of morpholine rings is 1. The fraction of sp³-hybridized carbons (Fsp3) is 0.447. The molecule has 0 N–H and O–H groups in total. The molecule has 2 atom stereocenters. The van der Waals surface area contributed by atoms with Gasteiger partial charge in [0.05, 0.1) is 31.4 Å². The van der Waals surface area contributed by atoms with Crippen LogP contribution in [0.3, 0.4) is 0 Å². The number of carbonyl (C=O) groups is 2. The third-order valence-corrected chi connectivity index (χ3v) is 10.0. The molecule has 0 aliphatic carbocycles. The molecule has 0 bridgehead atoms. The van der Waals surface area contributed by atoms with Crippen LogP contribution in [0.5, 0.6) is 5.75 Å². The monoisotopic (exact) mass is 759 g/mol. The number of nitrogens with zero attached hydrogens (tertiary/aromatic N) is 5. The summed E-state index contributed by atoms with van der Waals surface area (Å²) in [5.41, 5.74) is 2.11. The summed E-state index contributed by atoms with van der Waals surface area (Å²) in [6, 6.07) is 17.7. The van der Waals surface area contributed by atoms with Gasteiger partial charge in [-0.15, -0.1) is 0 Å². The van der Waals surface area contributed by atoms with Crippen molar-refractivity contribution in [2.24, 2.45) is 4.99 Å². The van der Waals surface area contributed by atoms with Crippen molar-refractivity contribution >= 4 is 41.0 Å². The maximum Gasteiger partial charge on any atom is 0.422 e. The molecule has 0 saturated carbocycles. The van der Waals surface area contributed by atoms with Crippen LogP contribution in [0.1, 0.15) is 55.1 Å². The molecule has 6 rings (SSSR count). The summed E-state index contributed by atoms with van der Waals surface area (Å²) in [5.74, 6) is 0.183.